The van der Waals surface area contributed by atoms with Crippen LogP contribution < -0.4 is 31.8 Å². The van der Waals surface area contributed by atoms with Crippen molar-refractivity contribution in [3.63, 3.8) is 0 Å². The van der Waals surface area contributed by atoms with E-state index < -0.39 is 30.8 Å². The second-order valence-corrected chi connectivity index (χ2v) is 18.8. The van der Waals surface area contributed by atoms with Crippen molar-refractivity contribution in [1.82, 2.24) is 0 Å². The first kappa shape index (κ1) is 40.0. The molecular weight excluding hydrogens is 866 g/mol. The molecule has 0 aliphatic heterocycles. The minimum absolute atomic E-state index is 0. The van der Waals surface area contributed by atoms with Crippen LogP contribution >= 0.6 is 15.8 Å². The summed E-state index contributed by atoms with van der Waals surface area (Å²) in [6.07, 6.45) is 0. The third kappa shape index (κ3) is 8.99. The van der Waals surface area contributed by atoms with Crippen LogP contribution in [0.2, 0.25) is 0 Å². The largest absolute Gasteiger partial charge is 2.00 e. The first-order valence-electron chi connectivity index (χ1n) is 16.4. The van der Waals surface area contributed by atoms with Gasteiger partial charge in [0.25, 0.3) is 0 Å². The maximum absolute atomic E-state index is 11.5. The van der Waals surface area contributed by atoms with Crippen LogP contribution in [0.15, 0.2) is 182 Å². The number of ketones is 1. The van der Waals surface area contributed by atoms with E-state index in [4.69, 9.17) is 25.3 Å². The summed E-state index contributed by atoms with van der Waals surface area (Å²) in [6, 6.07) is 64.7. The fraction of sp³-hybridized carbons (Fsp3) is 0.159. The minimum atomic E-state index is -0.697. The molecule has 6 aromatic carbocycles. The van der Waals surface area contributed by atoms with Crippen molar-refractivity contribution < 1.29 is 25.9 Å². The molecule has 0 radical (unpaired) electrons. The van der Waals surface area contributed by atoms with Crippen LogP contribution in [0.3, 0.4) is 0 Å². The molecule has 1 aliphatic carbocycles. The van der Waals surface area contributed by atoms with Crippen molar-refractivity contribution in [1.29, 1.82) is 0 Å². The van der Waals surface area contributed by atoms with Gasteiger partial charge >= 0.3 is 21.1 Å². The van der Waals surface area contributed by atoms with Gasteiger partial charge in [0, 0.05) is 0 Å². The molecule has 0 aromatic heterocycles. The Labute approximate surface area is 327 Å². The molecule has 0 bridgehead atoms. The van der Waals surface area contributed by atoms with Crippen LogP contribution in [0.25, 0.3) is 0 Å². The smallest absolute Gasteiger partial charge is 0.810 e. The summed E-state index contributed by atoms with van der Waals surface area (Å²) in [4.78, 5) is 11.5. The Hall–Kier alpha value is -2.76. The molecule has 256 valence electrons. The minimum Gasteiger partial charge on any atom is -0.810 e. The van der Waals surface area contributed by atoms with E-state index >= 15 is 0 Å². The second-order valence-electron chi connectivity index (χ2n) is 12.9. The molecule has 1 nitrogen and oxygen atoms in total. The maximum atomic E-state index is 11.5. The van der Waals surface area contributed by atoms with Crippen molar-refractivity contribution in [3.8, 4) is 0 Å². The van der Waals surface area contributed by atoms with Crippen LogP contribution in [0.1, 0.15) is 27.7 Å². The Morgan fingerprint density at radius 1 is 0.360 bits per heavy atom. The molecular formula is C44H42OP2PtS2. The number of hydrogen-bond donors (Lipinski definition) is 0. The van der Waals surface area contributed by atoms with Crippen LogP contribution in [-0.4, -0.2) is 9.86 Å². The summed E-state index contributed by atoms with van der Waals surface area (Å²) >= 11 is 10.4. The third-order valence-corrected chi connectivity index (χ3v) is 15.8. The Morgan fingerprint density at radius 2 is 0.520 bits per heavy atom. The van der Waals surface area contributed by atoms with Gasteiger partial charge in [0.1, 0.15) is 5.78 Å². The van der Waals surface area contributed by atoms with E-state index in [2.05, 4.69) is 182 Å². The summed E-state index contributed by atoms with van der Waals surface area (Å²) in [5.41, 5.74) is -0.998. The van der Waals surface area contributed by atoms with Gasteiger partial charge < -0.3 is 25.3 Å². The molecule has 0 amide bonds. The normalized spacial score (nSPS) is 14.9. The Balaban J connectivity index is 0.000000174. The van der Waals surface area contributed by atoms with E-state index in [0.29, 0.717) is 0 Å². The first-order valence-corrected chi connectivity index (χ1v) is 19.9. The third-order valence-electron chi connectivity index (χ3n) is 8.87. The molecule has 6 heteroatoms. The molecule has 0 unspecified atom stereocenters. The van der Waals surface area contributed by atoms with Gasteiger partial charge in [-0.15, -0.1) is 0 Å². The number of carbonyl (C=O) groups is 1. The van der Waals surface area contributed by atoms with Crippen molar-refractivity contribution >= 4 is 78.7 Å². The molecule has 0 saturated heterocycles. The molecule has 0 N–H and O–H groups in total. The molecule has 0 atom stereocenters. The average Bonchev–Trinajstić information content (AvgIpc) is 3.14. The van der Waals surface area contributed by atoms with E-state index in [1.54, 1.807) is 0 Å². The van der Waals surface area contributed by atoms with Crippen molar-refractivity contribution in [2.24, 2.45) is 10.8 Å². The maximum Gasteiger partial charge on any atom is 2.00 e. The van der Waals surface area contributed by atoms with E-state index in [-0.39, 0.29) is 26.8 Å². The molecule has 1 aliphatic rings. The SMILES string of the molecule is CC1(C)C(=O)C(C)(C)C1([S-])[S-].[Pt+2].c1ccc(P(c2ccccc2)c2ccccc2)cc1.c1ccc(P(c2ccccc2)c2ccccc2)cc1. The molecule has 0 heterocycles. The molecule has 7 rings (SSSR count). The Morgan fingerprint density at radius 3 is 0.640 bits per heavy atom. The van der Waals surface area contributed by atoms with Crippen LogP contribution in [0, 0.1) is 10.8 Å². The number of hydrogen-bond acceptors (Lipinski definition) is 3. The van der Waals surface area contributed by atoms with E-state index in [1.165, 1.54) is 31.8 Å². The van der Waals surface area contributed by atoms with E-state index in [9.17, 15) is 4.79 Å². The standard InChI is InChI=1S/2C18H15P.C8H14OS2.Pt/c2*1-4-10-16(11-5-1)19(17-12-6-2-7-13-17)18-14-8-3-9-15-18;1-6(2)5(9)7(3,4)8(6,10)11;/h2*1-15H;10-11H,1-4H3;/q;;;+2/p-2. The second kappa shape index (κ2) is 18.1. The predicted octanol–water partition coefficient (Wildman–Crippen LogP) is 8.30. The van der Waals surface area contributed by atoms with Crippen LogP contribution in [-0.2, 0) is 51.1 Å². The van der Waals surface area contributed by atoms with Crippen molar-refractivity contribution in [3.05, 3.63) is 182 Å². The van der Waals surface area contributed by atoms with Gasteiger partial charge in [0.2, 0.25) is 0 Å². The summed E-state index contributed by atoms with van der Waals surface area (Å²) in [5.74, 6) is 0.190. The van der Waals surface area contributed by atoms with E-state index in [0.717, 1.165) is 0 Å². The van der Waals surface area contributed by atoms with Gasteiger partial charge in [-0.1, -0.05) is 210 Å². The van der Waals surface area contributed by atoms with Gasteiger partial charge in [-0.3, -0.25) is 8.87 Å². The van der Waals surface area contributed by atoms with Gasteiger partial charge in [-0.2, -0.15) is 0 Å². The van der Waals surface area contributed by atoms with Gasteiger partial charge in [0.15, 0.2) is 0 Å². The summed E-state index contributed by atoms with van der Waals surface area (Å²) in [7, 11) is -0.892. The van der Waals surface area contributed by atoms with Crippen molar-refractivity contribution in [2.45, 2.75) is 31.8 Å². The van der Waals surface area contributed by atoms with Crippen LogP contribution in [0.5, 0.6) is 0 Å². The zero-order valence-electron chi connectivity index (χ0n) is 28.8. The molecule has 1 fully saturated rings. The fourth-order valence-electron chi connectivity index (χ4n) is 6.16. The molecule has 0 spiro atoms. The molecule has 50 heavy (non-hydrogen) atoms. The Bertz CT molecular complexity index is 1560. The average molecular weight is 908 g/mol. The van der Waals surface area contributed by atoms with Crippen LogP contribution in [0.4, 0.5) is 0 Å². The zero-order valence-corrected chi connectivity index (χ0v) is 34.4. The monoisotopic (exact) mass is 907 g/mol. The summed E-state index contributed by atoms with van der Waals surface area (Å²) < 4.78 is -0.697. The van der Waals surface area contributed by atoms with Gasteiger partial charge in [-0.25, -0.2) is 0 Å². The first-order chi connectivity index (χ1) is 23.6. The molecule has 1 saturated carbocycles. The zero-order chi connectivity index (χ0) is 34.9. The van der Waals surface area contributed by atoms with E-state index in [1.807, 2.05) is 27.7 Å². The number of rotatable bonds is 6. The fourth-order valence-corrected chi connectivity index (χ4v) is 11.1. The summed E-state index contributed by atoms with van der Waals surface area (Å²) in [6.45, 7) is 7.34. The van der Waals surface area contributed by atoms with Gasteiger partial charge in [-0.05, 0) is 58.5 Å². The topological polar surface area (TPSA) is 17.1 Å². The Kier molecular flexibility index (Phi) is 14.5. The number of Topliss-reactive ketones (excluding diaryl/α,β-unsaturated/α-hetero) is 1. The predicted molar refractivity (Wildman–Crippen MR) is 220 cm³/mol. The van der Waals surface area contributed by atoms with Gasteiger partial charge in [0.05, 0.1) is 0 Å². The van der Waals surface area contributed by atoms with Crippen molar-refractivity contribution in [2.75, 3.05) is 0 Å². The summed E-state index contributed by atoms with van der Waals surface area (Å²) in [5, 5.41) is 8.39. The quantitative estimate of drug-likeness (QED) is 0.124. The number of carbonyl (C=O) groups excluding carboxylic acids is 1. The molecule has 6 aromatic rings. The number of benzene rings is 6.